The number of aromatic nitrogens is 4. The van der Waals surface area contributed by atoms with Gasteiger partial charge in [0.05, 0.1) is 24.3 Å². The van der Waals surface area contributed by atoms with Crippen LogP contribution in [0.15, 0.2) is 18.9 Å². The first kappa shape index (κ1) is 12.8. The van der Waals surface area contributed by atoms with E-state index in [0.29, 0.717) is 6.04 Å². The third-order valence-electron chi connectivity index (χ3n) is 4.25. The Morgan fingerprint density at radius 1 is 1.24 bits per heavy atom. The number of nitrogens with zero attached hydrogens (tertiary/aromatic N) is 4. The van der Waals surface area contributed by atoms with Crippen LogP contribution in [-0.4, -0.2) is 32.6 Å². The van der Waals surface area contributed by atoms with Crippen molar-refractivity contribution < 1.29 is 0 Å². The van der Waals surface area contributed by atoms with Gasteiger partial charge in [-0.3, -0.25) is 0 Å². The Labute approximate surface area is 124 Å². The van der Waals surface area contributed by atoms with Crippen LogP contribution in [0.5, 0.6) is 0 Å². The van der Waals surface area contributed by atoms with E-state index in [1.165, 1.54) is 29.8 Å². The van der Waals surface area contributed by atoms with Crippen LogP contribution in [0.1, 0.15) is 35.8 Å². The number of hydrogen-bond acceptors (Lipinski definition) is 5. The van der Waals surface area contributed by atoms with Crippen molar-refractivity contribution in [2.24, 2.45) is 0 Å². The standard InChI is InChI=1S/C15H20N6/c1-2-11(1)21-10-17-7-12(21)8-18-15-13-3-5-16-6-4-14(13)19-9-20-15/h7,9-11,16H,1-6,8H2,(H,18,19,20). The number of anilines is 1. The second-order valence-electron chi connectivity index (χ2n) is 5.77. The summed E-state index contributed by atoms with van der Waals surface area (Å²) in [5.74, 6) is 0.979. The van der Waals surface area contributed by atoms with Gasteiger partial charge < -0.3 is 15.2 Å². The molecule has 2 aliphatic rings. The lowest BCUT2D eigenvalue weighted by atomic mass is 10.1. The molecule has 2 N–H and O–H groups in total. The van der Waals surface area contributed by atoms with Gasteiger partial charge in [0.1, 0.15) is 12.1 Å². The van der Waals surface area contributed by atoms with Gasteiger partial charge in [-0.15, -0.1) is 0 Å². The van der Waals surface area contributed by atoms with Gasteiger partial charge in [0, 0.05) is 30.8 Å². The lowest BCUT2D eigenvalue weighted by Gasteiger charge is -2.13. The van der Waals surface area contributed by atoms with E-state index in [0.717, 1.165) is 38.3 Å². The Balaban J connectivity index is 1.53. The predicted octanol–water partition coefficient (Wildman–Crippen LogP) is 1.31. The van der Waals surface area contributed by atoms with E-state index in [2.05, 4.69) is 30.2 Å². The molecule has 1 aliphatic carbocycles. The van der Waals surface area contributed by atoms with Crippen molar-refractivity contribution in [1.29, 1.82) is 0 Å². The summed E-state index contributed by atoms with van der Waals surface area (Å²) in [6.07, 6.45) is 10.1. The molecular weight excluding hydrogens is 264 g/mol. The Bertz CT molecular complexity index is 631. The fourth-order valence-corrected chi connectivity index (χ4v) is 2.95. The summed E-state index contributed by atoms with van der Waals surface area (Å²) in [5, 5.41) is 6.90. The van der Waals surface area contributed by atoms with Crippen molar-refractivity contribution >= 4 is 5.82 Å². The van der Waals surface area contributed by atoms with Gasteiger partial charge in [0.25, 0.3) is 0 Å². The molecule has 2 aromatic rings. The first-order valence-electron chi connectivity index (χ1n) is 7.70. The monoisotopic (exact) mass is 284 g/mol. The van der Waals surface area contributed by atoms with Crippen molar-refractivity contribution in [3.8, 4) is 0 Å². The molecular formula is C15H20N6. The Kier molecular flexibility index (Phi) is 3.31. The minimum atomic E-state index is 0.663. The highest BCUT2D eigenvalue weighted by Gasteiger charge is 2.25. The molecule has 110 valence electrons. The number of nitrogens with one attached hydrogen (secondary N) is 2. The summed E-state index contributed by atoms with van der Waals surface area (Å²) in [5.41, 5.74) is 3.67. The molecule has 3 heterocycles. The molecule has 6 heteroatoms. The SMILES string of the molecule is c1nc2c(c(NCc3cncn3C3CC3)n1)CCNCC2. The topological polar surface area (TPSA) is 67.7 Å². The zero-order valence-corrected chi connectivity index (χ0v) is 12.0. The van der Waals surface area contributed by atoms with Crippen LogP contribution < -0.4 is 10.6 Å². The second kappa shape index (κ2) is 5.44. The molecule has 2 aromatic heterocycles. The van der Waals surface area contributed by atoms with E-state index in [9.17, 15) is 0 Å². The average molecular weight is 284 g/mol. The van der Waals surface area contributed by atoms with Crippen LogP contribution in [0, 0.1) is 0 Å². The van der Waals surface area contributed by atoms with Crippen molar-refractivity contribution in [2.45, 2.75) is 38.3 Å². The maximum Gasteiger partial charge on any atom is 0.133 e. The average Bonchev–Trinajstić information content (AvgIpc) is 3.29. The van der Waals surface area contributed by atoms with Gasteiger partial charge in [-0.2, -0.15) is 0 Å². The highest BCUT2D eigenvalue weighted by atomic mass is 15.1. The van der Waals surface area contributed by atoms with Crippen LogP contribution in [0.4, 0.5) is 5.82 Å². The van der Waals surface area contributed by atoms with E-state index in [1.807, 2.05) is 12.5 Å². The summed E-state index contributed by atoms with van der Waals surface area (Å²) in [6, 6.07) is 0.663. The van der Waals surface area contributed by atoms with Crippen LogP contribution in [0.3, 0.4) is 0 Å². The van der Waals surface area contributed by atoms with Crippen LogP contribution >= 0.6 is 0 Å². The Morgan fingerprint density at radius 2 is 2.14 bits per heavy atom. The highest BCUT2D eigenvalue weighted by molar-refractivity contribution is 5.47. The molecule has 1 saturated carbocycles. The largest absolute Gasteiger partial charge is 0.364 e. The Hall–Kier alpha value is -1.95. The molecule has 21 heavy (non-hydrogen) atoms. The molecule has 4 rings (SSSR count). The van der Waals surface area contributed by atoms with Gasteiger partial charge in [0.15, 0.2) is 0 Å². The second-order valence-corrected chi connectivity index (χ2v) is 5.77. The molecule has 0 radical (unpaired) electrons. The zero-order valence-electron chi connectivity index (χ0n) is 12.0. The maximum atomic E-state index is 4.44. The molecule has 0 saturated heterocycles. The van der Waals surface area contributed by atoms with Crippen molar-refractivity contribution in [3.05, 3.63) is 35.8 Å². The number of hydrogen-bond donors (Lipinski definition) is 2. The van der Waals surface area contributed by atoms with Crippen molar-refractivity contribution in [2.75, 3.05) is 18.4 Å². The fraction of sp³-hybridized carbons (Fsp3) is 0.533. The van der Waals surface area contributed by atoms with E-state index >= 15 is 0 Å². The summed E-state index contributed by atoms with van der Waals surface area (Å²) in [7, 11) is 0. The molecule has 0 amide bonds. The molecule has 0 unspecified atom stereocenters. The normalized spacial score (nSPS) is 18.1. The van der Waals surface area contributed by atoms with E-state index < -0.39 is 0 Å². The highest BCUT2D eigenvalue weighted by Crippen LogP contribution is 2.35. The molecule has 0 aromatic carbocycles. The van der Waals surface area contributed by atoms with Gasteiger partial charge in [-0.05, 0) is 25.8 Å². The molecule has 1 fully saturated rings. The number of rotatable bonds is 4. The van der Waals surface area contributed by atoms with Gasteiger partial charge in [0.2, 0.25) is 0 Å². The van der Waals surface area contributed by atoms with E-state index in [-0.39, 0.29) is 0 Å². The Morgan fingerprint density at radius 3 is 3.05 bits per heavy atom. The van der Waals surface area contributed by atoms with Crippen LogP contribution in [0.2, 0.25) is 0 Å². The minimum Gasteiger partial charge on any atom is -0.364 e. The zero-order chi connectivity index (χ0) is 14.1. The predicted molar refractivity (Wildman–Crippen MR) is 80.1 cm³/mol. The van der Waals surface area contributed by atoms with E-state index in [1.54, 1.807) is 6.33 Å². The number of fused-ring (bicyclic) bond motifs is 1. The smallest absolute Gasteiger partial charge is 0.133 e. The van der Waals surface area contributed by atoms with Crippen LogP contribution in [0.25, 0.3) is 0 Å². The van der Waals surface area contributed by atoms with E-state index in [4.69, 9.17) is 0 Å². The molecule has 0 spiro atoms. The van der Waals surface area contributed by atoms with Crippen molar-refractivity contribution in [3.63, 3.8) is 0 Å². The van der Waals surface area contributed by atoms with Gasteiger partial charge in [-0.1, -0.05) is 0 Å². The quantitative estimate of drug-likeness (QED) is 0.886. The lowest BCUT2D eigenvalue weighted by molar-refractivity contribution is 0.699. The first-order valence-corrected chi connectivity index (χ1v) is 7.70. The molecule has 6 nitrogen and oxygen atoms in total. The molecule has 1 aliphatic heterocycles. The molecule has 0 atom stereocenters. The number of imidazole rings is 1. The minimum absolute atomic E-state index is 0.663. The lowest BCUT2D eigenvalue weighted by Crippen LogP contribution is -2.16. The molecule has 0 bridgehead atoms. The van der Waals surface area contributed by atoms with Crippen LogP contribution in [-0.2, 0) is 19.4 Å². The van der Waals surface area contributed by atoms with Gasteiger partial charge >= 0.3 is 0 Å². The maximum absolute atomic E-state index is 4.44. The fourth-order valence-electron chi connectivity index (χ4n) is 2.95. The summed E-state index contributed by atoms with van der Waals surface area (Å²) in [6.45, 7) is 2.76. The summed E-state index contributed by atoms with van der Waals surface area (Å²) < 4.78 is 2.29. The van der Waals surface area contributed by atoms with Crippen molar-refractivity contribution in [1.82, 2.24) is 24.8 Å². The third-order valence-corrected chi connectivity index (χ3v) is 4.25. The summed E-state index contributed by atoms with van der Waals surface area (Å²) >= 11 is 0. The summed E-state index contributed by atoms with van der Waals surface area (Å²) in [4.78, 5) is 13.2. The first-order chi connectivity index (χ1) is 10.4. The van der Waals surface area contributed by atoms with Gasteiger partial charge in [-0.25, -0.2) is 15.0 Å². The third kappa shape index (κ3) is 2.63.